The molecular formula is C14H10ClNO5S. The minimum absolute atomic E-state index is 0.0359. The molecule has 0 aliphatic heterocycles. The van der Waals surface area contributed by atoms with E-state index in [0.717, 1.165) is 10.9 Å². The maximum absolute atomic E-state index is 11.8. The molecule has 0 spiro atoms. The Morgan fingerprint density at radius 2 is 2.05 bits per heavy atom. The van der Waals surface area contributed by atoms with Crippen LogP contribution in [0.2, 0.25) is 5.02 Å². The molecule has 1 aromatic heterocycles. The third kappa shape index (κ3) is 3.69. The van der Waals surface area contributed by atoms with Crippen LogP contribution in [0.25, 0.3) is 0 Å². The molecule has 22 heavy (non-hydrogen) atoms. The summed E-state index contributed by atoms with van der Waals surface area (Å²) in [5.41, 5.74) is -0.428. The first-order chi connectivity index (χ1) is 10.4. The zero-order chi connectivity index (χ0) is 16.3. The van der Waals surface area contributed by atoms with Crippen molar-refractivity contribution in [1.29, 1.82) is 0 Å². The second-order valence-electron chi connectivity index (χ2n) is 4.33. The Labute approximate surface area is 134 Å². The van der Waals surface area contributed by atoms with Gasteiger partial charge < -0.3 is 4.74 Å². The number of benzene rings is 1. The number of halogens is 1. The zero-order valence-electron chi connectivity index (χ0n) is 11.4. The summed E-state index contributed by atoms with van der Waals surface area (Å²) in [6.07, 6.45) is 0. The Hall–Kier alpha value is -2.25. The average molecular weight is 340 g/mol. The minimum atomic E-state index is -0.818. The number of ether oxygens (including phenoxy) is 1. The van der Waals surface area contributed by atoms with Crippen LogP contribution in [0.1, 0.15) is 24.9 Å². The van der Waals surface area contributed by atoms with Crippen molar-refractivity contribution in [3.05, 3.63) is 60.8 Å². The summed E-state index contributed by atoms with van der Waals surface area (Å²) in [7, 11) is 0. The van der Waals surface area contributed by atoms with E-state index in [-0.39, 0.29) is 16.4 Å². The average Bonchev–Trinajstić information content (AvgIpc) is 2.91. The molecule has 6 nitrogen and oxygen atoms in total. The van der Waals surface area contributed by atoms with Crippen molar-refractivity contribution in [1.82, 2.24) is 0 Å². The van der Waals surface area contributed by atoms with Crippen LogP contribution in [-0.2, 0) is 4.74 Å². The van der Waals surface area contributed by atoms with Gasteiger partial charge >= 0.3 is 5.97 Å². The van der Waals surface area contributed by atoms with Gasteiger partial charge in [-0.2, -0.15) is 0 Å². The summed E-state index contributed by atoms with van der Waals surface area (Å²) in [5, 5.41) is 10.7. The van der Waals surface area contributed by atoms with Crippen molar-refractivity contribution in [3.63, 3.8) is 0 Å². The fourth-order valence-electron chi connectivity index (χ4n) is 1.65. The van der Waals surface area contributed by atoms with E-state index >= 15 is 0 Å². The third-order valence-corrected chi connectivity index (χ3v) is 4.09. The summed E-state index contributed by atoms with van der Waals surface area (Å²) in [6, 6.07) is 7.01. The van der Waals surface area contributed by atoms with Gasteiger partial charge in [-0.15, -0.1) is 11.3 Å². The Kier molecular flexibility index (Phi) is 4.89. The molecule has 1 heterocycles. The molecule has 0 atom stereocenters. The van der Waals surface area contributed by atoms with Gasteiger partial charge in [0.2, 0.25) is 5.78 Å². The SMILES string of the molecule is Cc1ccc(C(=O)COC(=O)c2ccc(Cl)c([N+](=O)[O-])c2)s1. The van der Waals surface area contributed by atoms with E-state index in [1.165, 1.54) is 23.5 Å². The number of nitrogens with zero attached hydrogens (tertiary/aromatic N) is 1. The van der Waals surface area contributed by atoms with Gasteiger partial charge in [0.25, 0.3) is 5.69 Å². The number of nitro benzene ring substituents is 1. The van der Waals surface area contributed by atoms with Crippen molar-refractivity contribution in [2.45, 2.75) is 6.92 Å². The maximum Gasteiger partial charge on any atom is 0.338 e. The molecule has 0 fully saturated rings. The first kappa shape index (κ1) is 16.1. The third-order valence-electron chi connectivity index (χ3n) is 2.73. The largest absolute Gasteiger partial charge is 0.454 e. The van der Waals surface area contributed by atoms with Gasteiger partial charge in [-0.25, -0.2) is 4.79 Å². The maximum atomic E-state index is 11.8. The number of carbonyl (C=O) groups excluding carboxylic acids is 2. The number of Topliss-reactive ketones (excluding diaryl/α,β-unsaturated/α-hetero) is 1. The fraction of sp³-hybridized carbons (Fsp3) is 0.143. The van der Waals surface area contributed by atoms with Crippen LogP contribution in [0.4, 0.5) is 5.69 Å². The molecular weight excluding hydrogens is 330 g/mol. The molecule has 0 bridgehead atoms. The molecule has 114 valence electrons. The molecule has 0 amide bonds. The van der Waals surface area contributed by atoms with Crippen LogP contribution in [0.15, 0.2) is 30.3 Å². The molecule has 2 rings (SSSR count). The highest BCUT2D eigenvalue weighted by Gasteiger charge is 2.18. The van der Waals surface area contributed by atoms with Gasteiger partial charge in [-0.3, -0.25) is 14.9 Å². The van der Waals surface area contributed by atoms with Crippen LogP contribution < -0.4 is 0 Å². The lowest BCUT2D eigenvalue weighted by molar-refractivity contribution is -0.384. The summed E-state index contributed by atoms with van der Waals surface area (Å²) >= 11 is 6.96. The van der Waals surface area contributed by atoms with E-state index in [1.807, 2.05) is 6.92 Å². The standard InChI is InChI=1S/C14H10ClNO5S/c1-8-2-5-13(22-8)12(17)7-21-14(18)9-3-4-10(15)11(6-9)16(19)20/h2-6H,7H2,1H3. The number of carbonyl (C=O) groups is 2. The minimum Gasteiger partial charge on any atom is -0.454 e. The zero-order valence-corrected chi connectivity index (χ0v) is 12.9. The number of thiophene rings is 1. The Balaban J connectivity index is 2.05. The molecule has 0 aliphatic rings. The van der Waals surface area contributed by atoms with Gasteiger partial charge in [0.05, 0.1) is 15.4 Å². The summed E-state index contributed by atoms with van der Waals surface area (Å²) in [4.78, 5) is 35.2. The Morgan fingerprint density at radius 3 is 2.64 bits per heavy atom. The van der Waals surface area contributed by atoms with E-state index in [4.69, 9.17) is 16.3 Å². The number of esters is 1. The summed E-state index contributed by atoms with van der Waals surface area (Å²) in [5.74, 6) is -1.14. The number of hydrogen-bond acceptors (Lipinski definition) is 6. The molecule has 0 radical (unpaired) electrons. The molecule has 1 aromatic carbocycles. The first-order valence-electron chi connectivity index (χ1n) is 6.09. The molecule has 0 saturated carbocycles. The highest BCUT2D eigenvalue weighted by atomic mass is 35.5. The molecule has 8 heteroatoms. The number of nitro groups is 1. The lowest BCUT2D eigenvalue weighted by atomic mass is 10.2. The van der Waals surface area contributed by atoms with Crippen molar-refractivity contribution in [2.24, 2.45) is 0 Å². The lowest BCUT2D eigenvalue weighted by Crippen LogP contribution is -2.13. The smallest absolute Gasteiger partial charge is 0.338 e. The predicted molar refractivity (Wildman–Crippen MR) is 81.8 cm³/mol. The number of aryl methyl sites for hydroxylation is 1. The topological polar surface area (TPSA) is 86.5 Å². The van der Waals surface area contributed by atoms with Crippen molar-refractivity contribution < 1.29 is 19.2 Å². The van der Waals surface area contributed by atoms with Gasteiger partial charge in [0, 0.05) is 10.9 Å². The van der Waals surface area contributed by atoms with Crippen LogP contribution in [0, 0.1) is 17.0 Å². The molecule has 0 unspecified atom stereocenters. The van der Waals surface area contributed by atoms with E-state index in [2.05, 4.69) is 0 Å². The summed E-state index contributed by atoms with van der Waals surface area (Å²) < 4.78 is 4.88. The normalized spacial score (nSPS) is 10.3. The number of ketones is 1. The second kappa shape index (κ2) is 6.67. The molecule has 0 saturated heterocycles. The van der Waals surface area contributed by atoms with Crippen LogP contribution in [0.5, 0.6) is 0 Å². The monoisotopic (exact) mass is 339 g/mol. The van der Waals surface area contributed by atoms with E-state index in [9.17, 15) is 19.7 Å². The Bertz CT molecular complexity index is 755. The molecule has 0 aliphatic carbocycles. The molecule has 0 N–H and O–H groups in total. The number of hydrogen-bond donors (Lipinski definition) is 0. The van der Waals surface area contributed by atoms with E-state index < -0.39 is 23.2 Å². The number of rotatable bonds is 5. The van der Waals surface area contributed by atoms with E-state index in [0.29, 0.717) is 4.88 Å². The Morgan fingerprint density at radius 1 is 1.32 bits per heavy atom. The quantitative estimate of drug-likeness (QED) is 0.359. The van der Waals surface area contributed by atoms with Gasteiger partial charge in [0.1, 0.15) is 5.02 Å². The van der Waals surface area contributed by atoms with Crippen LogP contribution >= 0.6 is 22.9 Å². The van der Waals surface area contributed by atoms with Gasteiger partial charge in [-0.1, -0.05) is 11.6 Å². The fourth-order valence-corrected chi connectivity index (χ4v) is 2.63. The highest BCUT2D eigenvalue weighted by Crippen LogP contribution is 2.25. The van der Waals surface area contributed by atoms with Crippen molar-refractivity contribution in [3.8, 4) is 0 Å². The van der Waals surface area contributed by atoms with Gasteiger partial charge in [-0.05, 0) is 31.2 Å². The first-order valence-corrected chi connectivity index (χ1v) is 7.28. The van der Waals surface area contributed by atoms with Crippen LogP contribution in [0.3, 0.4) is 0 Å². The van der Waals surface area contributed by atoms with Crippen LogP contribution in [-0.4, -0.2) is 23.3 Å². The van der Waals surface area contributed by atoms with Gasteiger partial charge in [0.15, 0.2) is 6.61 Å². The summed E-state index contributed by atoms with van der Waals surface area (Å²) in [6.45, 7) is 1.44. The van der Waals surface area contributed by atoms with E-state index in [1.54, 1.807) is 12.1 Å². The highest BCUT2D eigenvalue weighted by molar-refractivity contribution is 7.14. The second-order valence-corrected chi connectivity index (χ2v) is 6.03. The van der Waals surface area contributed by atoms with Crippen molar-refractivity contribution >= 4 is 40.4 Å². The lowest BCUT2D eigenvalue weighted by Gasteiger charge is -2.04. The van der Waals surface area contributed by atoms with Crippen molar-refractivity contribution in [2.75, 3.05) is 6.61 Å². The molecule has 2 aromatic rings. The predicted octanol–water partition coefficient (Wildman–Crippen LogP) is 3.66.